The Balaban J connectivity index is 1.26. The van der Waals surface area contributed by atoms with Gasteiger partial charge in [-0.15, -0.1) is 11.0 Å². The zero-order chi connectivity index (χ0) is 59.2. The summed E-state index contributed by atoms with van der Waals surface area (Å²) in [5, 5.41) is 14.0. The maximum atomic E-state index is 11.8. The van der Waals surface area contributed by atoms with Crippen LogP contribution in [0, 0.1) is 131 Å². The van der Waals surface area contributed by atoms with E-state index < -0.39 is 15.5 Å². The summed E-state index contributed by atoms with van der Waals surface area (Å²) < 4.78 is 39.8. The molecule has 0 spiro atoms. The predicted octanol–water partition coefficient (Wildman–Crippen LogP) is 13.0. The lowest BCUT2D eigenvalue weighted by Crippen LogP contribution is -2.27. The van der Waals surface area contributed by atoms with E-state index in [4.69, 9.17) is 6.42 Å². The van der Waals surface area contributed by atoms with Crippen molar-refractivity contribution in [2.75, 3.05) is 11.4 Å². The lowest BCUT2D eigenvalue weighted by atomic mass is 9.81. The van der Waals surface area contributed by atoms with Crippen molar-refractivity contribution in [1.82, 2.24) is 0 Å². The van der Waals surface area contributed by atoms with Gasteiger partial charge in [0.2, 0.25) is 17.4 Å². The third kappa shape index (κ3) is 19.0. The van der Waals surface area contributed by atoms with E-state index in [1.54, 1.807) is 12.1 Å². The second-order valence-electron chi connectivity index (χ2n) is 20.1. The summed E-state index contributed by atoms with van der Waals surface area (Å²) in [6.45, 7) is 12.0. The molecule has 0 fully saturated rings. The van der Waals surface area contributed by atoms with E-state index in [9.17, 15) is 18.2 Å². The molecular formula is C73H62N2O6S2. The van der Waals surface area contributed by atoms with E-state index >= 15 is 0 Å². The third-order valence-electron chi connectivity index (χ3n) is 13.8. The van der Waals surface area contributed by atoms with Crippen LogP contribution < -0.4 is 10.2 Å². The molecule has 412 valence electrons. The molecule has 83 heavy (non-hydrogen) atoms. The molecule has 0 aromatic heterocycles. The number of allylic oxidation sites excluding steroid dienone is 6. The first-order chi connectivity index (χ1) is 40.3. The maximum absolute atomic E-state index is 11.8. The number of nitrogens with zero attached hydrogens (tertiary/aromatic N) is 2. The first kappa shape index (κ1) is 63.1. The summed E-state index contributed by atoms with van der Waals surface area (Å²) in [7, 11) is -4.31. The molecule has 0 bridgehead atoms. The molecule has 2 aliphatic rings. The Labute approximate surface area is 497 Å². The summed E-state index contributed by atoms with van der Waals surface area (Å²) in [5.41, 5.74) is 9.46. The SMILES string of the molecule is C#CC#CC#CC#CC#CC#CC#CC#CC#CC#CC#C[N+]1=C(/C=C/C=C/C=C2/N(CCCCCCCCCCCCCC)c3cc(-c4ccc(S(=O)(=O)O)cc4)ccc3C2(C)C)C(C)(C)c2ccc(-c3ccc(SOO[O-])cc3)cc21. The molecule has 10 heteroatoms. The molecule has 1 N–H and O–H groups in total. The molecule has 8 nitrogen and oxygen atoms in total. The maximum Gasteiger partial charge on any atom is 0.294 e. The zero-order valence-corrected chi connectivity index (χ0v) is 49.1. The minimum Gasteiger partial charge on any atom is -0.691 e. The van der Waals surface area contributed by atoms with Crippen molar-refractivity contribution in [2.24, 2.45) is 0 Å². The lowest BCUT2D eigenvalue weighted by molar-refractivity contribution is -0.777. The molecule has 2 aliphatic heterocycles. The van der Waals surface area contributed by atoms with Gasteiger partial charge in [0.05, 0.1) is 28.3 Å². The normalized spacial score (nSPS) is 13.2. The minimum atomic E-state index is -4.31. The van der Waals surface area contributed by atoms with Gasteiger partial charge in [0.1, 0.15) is 0 Å². The van der Waals surface area contributed by atoms with Crippen LogP contribution in [-0.2, 0) is 30.3 Å². The number of unbranched alkanes of at least 4 members (excludes halogenated alkanes) is 11. The van der Waals surface area contributed by atoms with Gasteiger partial charge in [-0.3, -0.25) is 9.59 Å². The van der Waals surface area contributed by atoms with Gasteiger partial charge < -0.3 is 10.2 Å². The van der Waals surface area contributed by atoms with Gasteiger partial charge in [0.25, 0.3) is 10.1 Å². The molecule has 0 atom stereocenters. The summed E-state index contributed by atoms with van der Waals surface area (Å²) in [6.07, 6.45) is 30.8. The van der Waals surface area contributed by atoms with Crippen molar-refractivity contribution in [3.8, 4) is 153 Å². The zero-order valence-electron chi connectivity index (χ0n) is 47.4. The number of anilines is 1. The van der Waals surface area contributed by atoms with E-state index in [-0.39, 0.29) is 10.3 Å². The predicted molar refractivity (Wildman–Crippen MR) is 334 cm³/mol. The highest BCUT2D eigenvalue weighted by Crippen LogP contribution is 2.49. The molecule has 0 saturated heterocycles. The highest BCUT2D eigenvalue weighted by molar-refractivity contribution is 7.94. The Morgan fingerprint density at radius 1 is 0.578 bits per heavy atom. The number of fused-ring (bicyclic) bond motifs is 2. The van der Waals surface area contributed by atoms with Crippen LogP contribution in [0.2, 0.25) is 0 Å². The summed E-state index contributed by atoms with van der Waals surface area (Å²) in [6, 6.07) is 30.1. The first-order valence-electron chi connectivity index (χ1n) is 27.4. The van der Waals surface area contributed by atoms with Crippen molar-refractivity contribution < 1.29 is 32.2 Å². The van der Waals surface area contributed by atoms with Crippen LogP contribution >= 0.6 is 12.0 Å². The number of hydrogen-bond donors (Lipinski definition) is 1. The molecule has 0 saturated carbocycles. The number of rotatable bonds is 22. The fourth-order valence-corrected chi connectivity index (χ4v) is 10.5. The number of benzene rings is 4. The van der Waals surface area contributed by atoms with Crippen LogP contribution in [0.3, 0.4) is 0 Å². The second kappa shape index (κ2) is 33.0. The molecular weight excluding hydrogens is 1060 g/mol. The van der Waals surface area contributed by atoms with Gasteiger partial charge in [-0.25, -0.2) is 0 Å². The molecule has 4 aromatic carbocycles. The van der Waals surface area contributed by atoms with Crippen molar-refractivity contribution in [3.05, 3.63) is 132 Å². The van der Waals surface area contributed by atoms with Gasteiger partial charge >= 0.3 is 0 Å². The molecule has 4 aromatic rings. The topological polar surface area (TPSA) is 102 Å². The van der Waals surface area contributed by atoms with Gasteiger partial charge in [-0.1, -0.05) is 158 Å². The molecule has 6 rings (SSSR count). The number of hydrogen-bond acceptors (Lipinski definition) is 7. The summed E-state index contributed by atoms with van der Waals surface area (Å²) >= 11 is 0.834. The van der Waals surface area contributed by atoms with Gasteiger partial charge in [-0.2, -0.15) is 12.8 Å². The van der Waals surface area contributed by atoms with E-state index in [1.165, 1.54) is 87.6 Å². The van der Waals surface area contributed by atoms with E-state index in [2.05, 4.69) is 234 Å². The minimum absolute atomic E-state index is 0.137. The third-order valence-corrected chi connectivity index (χ3v) is 15.3. The largest absolute Gasteiger partial charge is 0.691 e. The summed E-state index contributed by atoms with van der Waals surface area (Å²) in [5.74, 6) is 51.6. The Morgan fingerprint density at radius 2 is 1.05 bits per heavy atom. The van der Waals surface area contributed by atoms with Crippen molar-refractivity contribution >= 4 is 39.2 Å². The Bertz CT molecular complexity index is 3990. The number of terminal acetylenes is 1. The Morgan fingerprint density at radius 3 is 1.57 bits per heavy atom. The molecule has 0 aliphatic carbocycles. The highest BCUT2D eigenvalue weighted by Gasteiger charge is 2.45. The van der Waals surface area contributed by atoms with E-state index in [1.807, 2.05) is 34.9 Å². The van der Waals surface area contributed by atoms with E-state index in [0.29, 0.717) is 4.90 Å². The van der Waals surface area contributed by atoms with Gasteiger partial charge in [0, 0.05) is 111 Å². The van der Waals surface area contributed by atoms with Crippen LogP contribution in [-0.4, -0.2) is 29.8 Å². The first-order valence-corrected chi connectivity index (χ1v) is 29.6. The molecule has 0 amide bonds. The van der Waals surface area contributed by atoms with Gasteiger partial charge in [0.15, 0.2) is 0 Å². The monoisotopic (exact) mass is 1130 g/mol. The molecule has 2 heterocycles. The fourth-order valence-electron chi connectivity index (χ4n) is 9.68. The standard InChI is InChI=1S/C73H62N2O6S2/c1-7-9-11-13-15-17-19-21-22-23-24-25-26-27-28-30-32-34-36-40-56-74-68-58-62(60-44-50-64(51-45-60)82-81-80-76)48-54-66(68)72(3,4)70(74)42-38-37-39-43-71-73(5,6)67-55-49-63(61-46-52-65(53-47-61)83(77,78)79)59-69(67)75(71)57-41-35-33-31-29-20-18-16-14-12-10-8-2/h1,37-39,42-55,58-59H,8,10,12,14,16,18,20,29,31,33,35,41,57H2,2-6H3,(H-,76,77,78,79). The van der Waals surface area contributed by atoms with Crippen molar-refractivity contribution in [3.63, 3.8) is 0 Å². The summed E-state index contributed by atoms with van der Waals surface area (Å²) in [4.78, 5) is 3.03. The van der Waals surface area contributed by atoms with Crippen molar-refractivity contribution in [1.29, 1.82) is 0 Å². The Hall–Kier alpha value is -9.13. The van der Waals surface area contributed by atoms with Crippen LogP contribution in [0.25, 0.3) is 22.3 Å². The molecule has 0 unspecified atom stereocenters. The van der Waals surface area contributed by atoms with E-state index in [0.717, 1.165) is 76.3 Å². The quantitative estimate of drug-likeness (QED) is 0.0121. The highest BCUT2D eigenvalue weighted by atomic mass is 32.2. The van der Waals surface area contributed by atoms with Crippen LogP contribution in [0.4, 0.5) is 11.4 Å². The fraction of sp³-hybridized carbons (Fsp3) is 0.274. The van der Waals surface area contributed by atoms with Crippen LogP contribution in [0.5, 0.6) is 0 Å². The smallest absolute Gasteiger partial charge is 0.294 e. The lowest BCUT2D eigenvalue weighted by Gasteiger charge is -2.27. The molecule has 0 radical (unpaired) electrons. The Kier molecular flexibility index (Phi) is 25.0. The van der Waals surface area contributed by atoms with Crippen molar-refractivity contribution in [2.45, 2.75) is 132 Å². The average molecular weight is 1130 g/mol. The van der Waals surface area contributed by atoms with Gasteiger partial charge in [-0.05, 0) is 132 Å². The van der Waals surface area contributed by atoms with Crippen LogP contribution in [0.15, 0.2) is 131 Å². The van der Waals surface area contributed by atoms with Crippen LogP contribution in [0.1, 0.15) is 123 Å². The second-order valence-corrected chi connectivity index (χ2v) is 22.3. The average Bonchev–Trinajstić information content (AvgIpc) is 3.75.